The van der Waals surface area contributed by atoms with Crippen molar-refractivity contribution in [1.29, 1.82) is 0 Å². The molecule has 0 atom stereocenters. The second-order valence-electron chi connectivity index (χ2n) is 5.97. The first-order chi connectivity index (χ1) is 13.6. The number of carbonyl (C=O) groups is 1. The van der Waals surface area contributed by atoms with Crippen LogP contribution in [-0.2, 0) is 11.2 Å². The first-order valence-electron chi connectivity index (χ1n) is 8.66. The van der Waals surface area contributed by atoms with Crippen molar-refractivity contribution in [2.75, 3.05) is 20.3 Å². The number of nitrogens with zero attached hydrogens (tertiary/aromatic N) is 1. The van der Waals surface area contributed by atoms with Gasteiger partial charge in [-0.2, -0.15) is 0 Å². The predicted octanol–water partition coefficient (Wildman–Crippen LogP) is 4.15. The average Bonchev–Trinajstić information content (AvgIpc) is 2.98. The minimum Gasteiger partial charge on any atom is -0.493 e. The van der Waals surface area contributed by atoms with E-state index in [9.17, 15) is 4.79 Å². The standard InChI is InChI=1S/C22H19NO3S2/c1-3-13-26-18-10-9-17(14-19(18)25-2)15-20-21(24)23(22(27)28-20)12-11-16-7-5-4-6-8-16/h1,4-10,14-15H,11-13H2,2H3. The van der Waals surface area contributed by atoms with E-state index in [1.54, 1.807) is 18.1 Å². The second kappa shape index (κ2) is 9.45. The van der Waals surface area contributed by atoms with Crippen LogP contribution in [0.25, 0.3) is 6.08 Å². The van der Waals surface area contributed by atoms with Crippen LogP contribution in [0.2, 0.25) is 0 Å². The molecule has 0 aromatic heterocycles. The highest BCUT2D eigenvalue weighted by Gasteiger charge is 2.31. The largest absolute Gasteiger partial charge is 0.493 e. The summed E-state index contributed by atoms with van der Waals surface area (Å²) in [5.74, 6) is 3.47. The summed E-state index contributed by atoms with van der Waals surface area (Å²) in [5.41, 5.74) is 2.00. The molecule has 4 nitrogen and oxygen atoms in total. The molecule has 2 aromatic carbocycles. The Balaban J connectivity index is 1.73. The van der Waals surface area contributed by atoms with Crippen LogP contribution in [-0.4, -0.2) is 35.4 Å². The van der Waals surface area contributed by atoms with Crippen LogP contribution in [0.3, 0.4) is 0 Å². The second-order valence-corrected chi connectivity index (χ2v) is 7.65. The van der Waals surface area contributed by atoms with Gasteiger partial charge in [0.05, 0.1) is 12.0 Å². The van der Waals surface area contributed by atoms with Crippen molar-refractivity contribution < 1.29 is 14.3 Å². The van der Waals surface area contributed by atoms with Gasteiger partial charge in [-0.1, -0.05) is 66.3 Å². The fourth-order valence-corrected chi connectivity index (χ4v) is 4.05. The van der Waals surface area contributed by atoms with Crippen LogP contribution in [0.15, 0.2) is 53.4 Å². The van der Waals surface area contributed by atoms with Gasteiger partial charge in [0, 0.05) is 6.54 Å². The van der Waals surface area contributed by atoms with Crippen LogP contribution < -0.4 is 9.47 Å². The van der Waals surface area contributed by atoms with Gasteiger partial charge in [-0.25, -0.2) is 0 Å². The maximum atomic E-state index is 12.8. The fraction of sp³-hybridized carbons (Fsp3) is 0.182. The van der Waals surface area contributed by atoms with Crippen molar-refractivity contribution in [3.05, 3.63) is 64.6 Å². The van der Waals surface area contributed by atoms with E-state index in [0.717, 1.165) is 12.0 Å². The number of hydrogen-bond acceptors (Lipinski definition) is 5. The van der Waals surface area contributed by atoms with Crippen LogP contribution in [0.4, 0.5) is 0 Å². The average molecular weight is 410 g/mol. The Labute approximate surface area is 174 Å². The third-order valence-electron chi connectivity index (χ3n) is 4.14. The fourth-order valence-electron chi connectivity index (χ4n) is 2.74. The molecule has 0 spiro atoms. The van der Waals surface area contributed by atoms with Gasteiger partial charge in [0.25, 0.3) is 5.91 Å². The monoisotopic (exact) mass is 409 g/mol. The molecule has 3 rings (SSSR count). The van der Waals surface area contributed by atoms with Gasteiger partial charge in [-0.15, -0.1) is 6.42 Å². The molecule has 0 aliphatic carbocycles. The normalized spacial score (nSPS) is 15.0. The number of hydrogen-bond donors (Lipinski definition) is 0. The summed E-state index contributed by atoms with van der Waals surface area (Å²) in [6.07, 6.45) is 7.80. The van der Waals surface area contributed by atoms with Gasteiger partial charge >= 0.3 is 0 Å². The number of carbonyl (C=O) groups excluding carboxylic acids is 1. The molecule has 28 heavy (non-hydrogen) atoms. The molecule has 6 heteroatoms. The highest BCUT2D eigenvalue weighted by Crippen LogP contribution is 2.34. The first-order valence-corrected chi connectivity index (χ1v) is 9.88. The number of methoxy groups -OCH3 is 1. The summed E-state index contributed by atoms with van der Waals surface area (Å²) in [7, 11) is 1.56. The number of ether oxygens (including phenoxy) is 2. The predicted molar refractivity (Wildman–Crippen MR) is 117 cm³/mol. The number of thiocarbonyl (C=S) groups is 1. The van der Waals surface area contributed by atoms with Crippen LogP contribution in [0.1, 0.15) is 11.1 Å². The SMILES string of the molecule is C#CCOc1ccc(C=C2SC(=S)N(CCc3ccccc3)C2=O)cc1OC. The Morgan fingerprint density at radius 3 is 2.71 bits per heavy atom. The summed E-state index contributed by atoms with van der Waals surface area (Å²) < 4.78 is 11.4. The topological polar surface area (TPSA) is 38.8 Å². The van der Waals surface area contributed by atoms with Crippen molar-refractivity contribution in [2.45, 2.75) is 6.42 Å². The summed E-state index contributed by atoms with van der Waals surface area (Å²) >= 11 is 6.72. The van der Waals surface area contributed by atoms with Crippen molar-refractivity contribution in [3.63, 3.8) is 0 Å². The quantitative estimate of drug-likeness (QED) is 0.390. The van der Waals surface area contributed by atoms with Crippen molar-refractivity contribution >= 4 is 40.3 Å². The number of rotatable bonds is 7. The van der Waals surface area contributed by atoms with Gasteiger partial charge in [-0.3, -0.25) is 9.69 Å². The molecule has 0 radical (unpaired) electrons. The highest BCUT2D eigenvalue weighted by atomic mass is 32.2. The number of thioether (sulfide) groups is 1. The Morgan fingerprint density at radius 2 is 2.00 bits per heavy atom. The van der Waals surface area contributed by atoms with E-state index in [0.29, 0.717) is 27.3 Å². The molecule has 0 N–H and O–H groups in total. The Morgan fingerprint density at radius 1 is 1.21 bits per heavy atom. The lowest BCUT2D eigenvalue weighted by Crippen LogP contribution is -2.30. The lowest BCUT2D eigenvalue weighted by Gasteiger charge is -2.14. The molecule has 1 amide bonds. The summed E-state index contributed by atoms with van der Waals surface area (Å²) in [6.45, 7) is 0.726. The smallest absolute Gasteiger partial charge is 0.266 e. The van der Waals surface area contributed by atoms with Crippen molar-refractivity contribution in [1.82, 2.24) is 4.90 Å². The molecular weight excluding hydrogens is 390 g/mol. The molecule has 0 unspecified atom stereocenters. The Hall–Kier alpha value is -2.75. The summed E-state index contributed by atoms with van der Waals surface area (Å²) in [4.78, 5) is 15.0. The van der Waals surface area contributed by atoms with E-state index < -0.39 is 0 Å². The third-order valence-corrected chi connectivity index (χ3v) is 5.51. The molecule has 1 saturated heterocycles. The van der Waals surface area contributed by atoms with E-state index >= 15 is 0 Å². The maximum Gasteiger partial charge on any atom is 0.266 e. The van der Waals surface area contributed by atoms with E-state index in [2.05, 4.69) is 5.92 Å². The van der Waals surface area contributed by atoms with Crippen molar-refractivity contribution in [3.8, 4) is 23.8 Å². The van der Waals surface area contributed by atoms with E-state index in [4.69, 9.17) is 28.1 Å². The van der Waals surface area contributed by atoms with E-state index in [1.165, 1.54) is 17.3 Å². The summed E-state index contributed by atoms with van der Waals surface area (Å²) in [6, 6.07) is 15.5. The van der Waals surface area contributed by atoms with Gasteiger partial charge in [0.1, 0.15) is 10.9 Å². The molecule has 2 aromatic rings. The number of amides is 1. The molecule has 0 bridgehead atoms. The van der Waals surface area contributed by atoms with Crippen LogP contribution in [0.5, 0.6) is 11.5 Å². The maximum absolute atomic E-state index is 12.8. The molecule has 1 heterocycles. The third kappa shape index (κ3) is 4.75. The van der Waals surface area contributed by atoms with Gasteiger partial charge in [-0.05, 0) is 35.8 Å². The lowest BCUT2D eigenvalue weighted by atomic mass is 10.1. The molecule has 0 saturated carbocycles. The minimum absolute atomic E-state index is 0.0717. The first kappa shape index (κ1) is 20.0. The zero-order chi connectivity index (χ0) is 19.9. The summed E-state index contributed by atoms with van der Waals surface area (Å²) in [5, 5.41) is 0. The molecule has 1 fully saturated rings. The zero-order valence-corrected chi connectivity index (χ0v) is 17.0. The molecule has 1 aliphatic heterocycles. The van der Waals surface area contributed by atoms with Gasteiger partial charge < -0.3 is 9.47 Å². The molecular formula is C22H19NO3S2. The molecule has 142 valence electrons. The van der Waals surface area contributed by atoms with Gasteiger partial charge in [0.15, 0.2) is 11.5 Å². The van der Waals surface area contributed by atoms with Crippen molar-refractivity contribution in [2.24, 2.45) is 0 Å². The Kier molecular flexibility index (Phi) is 6.75. The zero-order valence-electron chi connectivity index (χ0n) is 15.4. The number of benzene rings is 2. The number of terminal acetylenes is 1. The minimum atomic E-state index is -0.0717. The lowest BCUT2D eigenvalue weighted by molar-refractivity contribution is -0.122. The van der Waals surface area contributed by atoms with Crippen LogP contribution >= 0.6 is 24.0 Å². The van der Waals surface area contributed by atoms with Crippen LogP contribution in [0, 0.1) is 12.3 Å². The van der Waals surface area contributed by atoms with E-state index in [-0.39, 0.29) is 12.5 Å². The molecule has 1 aliphatic rings. The van der Waals surface area contributed by atoms with E-state index in [1.807, 2.05) is 48.5 Å². The highest BCUT2D eigenvalue weighted by molar-refractivity contribution is 8.26. The Bertz CT molecular complexity index is 948. The van der Waals surface area contributed by atoms with Gasteiger partial charge in [0.2, 0.25) is 0 Å².